The molecule has 0 aromatic carbocycles. The van der Waals surface area contributed by atoms with E-state index in [1.807, 2.05) is 6.92 Å². The van der Waals surface area contributed by atoms with Gasteiger partial charge in [0.25, 0.3) is 0 Å². The van der Waals surface area contributed by atoms with Crippen molar-refractivity contribution in [3.63, 3.8) is 0 Å². The summed E-state index contributed by atoms with van der Waals surface area (Å²) in [6.07, 6.45) is 0. The smallest absolute Gasteiger partial charge is 0.185 e. The number of H-pyrrole nitrogens is 1. The summed E-state index contributed by atoms with van der Waals surface area (Å²) in [5.74, 6) is 0.611. The van der Waals surface area contributed by atoms with Gasteiger partial charge in [-0.1, -0.05) is 0 Å². The summed E-state index contributed by atoms with van der Waals surface area (Å²) in [5, 5.41) is 7.37. The fraction of sp³-hybridized carbons (Fsp3) is 0.333. The lowest BCUT2D eigenvalue weighted by atomic mass is 10.2. The van der Waals surface area contributed by atoms with Gasteiger partial charge in [0.05, 0.1) is 11.1 Å². The molecule has 5 nitrogen and oxygen atoms in total. The van der Waals surface area contributed by atoms with Crippen LogP contribution >= 0.6 is 0 Å². The van der Waals surface area contributed by atoms with E-state index in [1.54, 1.807) is 6.92 Å². The van der Waals surface area contributed by atoms with E-state index in [-0.39, 0.29) is 5.78 Å². The summed E-state index contributed by atoms with van der Waals surface area (Å²) in [5.41, 5.74) is 1.82. The van der Waals surface area contributed by atoms with Crippen molar-refractivity contribution in [2.24, 2.45) is 0 Å². The molecule has 0 bridgehead atoms. The van der Waals surface area contributed by atoms with Crippen LogP contribution in [0.4, 0.5) is 0 Å². The minimum absolute atomic E-state index is 0.0527. The zero-order chi connectivity index (χ0) is 10.3. The topological polar surface area (TPSA) is 71.5 Å². The first-order valence-electron chi connectivity index (χ1n) is 4.30. The standard InChI is InChI=1S/C9H10N4O/c1-4-7-8(5(2)14)12-13-9(7)11-6(3)10-4/h1-3H3,(H,10,11,12,13). The fourth-order valence-electron chi connectivity index (χ4n) is 1.49. The number of hydrogen-bond acceptors (Lipinski definition) is 4. The Morgan fingerprint density at radius 1 is 1.29 bits per heavy atom. The number of carbonyl (C=O) groups excluding carboxylic acids is 1. The van der Waals surface area contributed by atoms with E-state index >= 15 is 0 Å². The molecule has 72 valence electrons. The molecule has 2 aromatic rings. The maximum Gasteiger partial charge on any atom is 0.185 e. The average Bonchev–Trinajstić information content (AvgIpc) is 2.47. The van der Waals surface area contributed by atoms with Crippen LogP contribution in [0.25, 0.3) is 11.0 Å². The third kappa shape index (κ3) is 1.17. The summed E-state index contributed by atoms with van der Waals surface area (Å²) in [6.45, 7) is 5.14. The molecule has 2 aromatic heterocycles. The van der Waals surface area contributed by atoms with E-state index in [4.69, 9.17) is 0 Å². The summed E-state index contributed by atoms with van der Waals surface area (Å²) in [7, 11) is 0. The van der Waals surface area contributed by atoms with Crippen molar-refractivity contribution >= 4 is 16.8 Å². The number of carbonyl (C=O) groups is 1. The van der Waals surface area contributed by atoms with Gasteiger partial charge in [-0.2, -0.15) is 5.10 Å². The number of fused-ring (bicyclic) bond motifs is 1. The normalized spacial score (nSPS) is 10.8. The second kappa shape index (κ2) is 2.87. The number of hydrogen-bond donors (Lipinski definition) is 1. The largest absolute Gasteiger partial charge is 0.293 e. The van der Waals surface area contributed by atoms with Gasteiger partial charge in [-0.3, -0.25) is 9.89 Å². The molecule has 0 saturated carbocycles. The quantitative estimate of drug-likeness (QED) is 0.685. The number of ketones is 1. The first-order valence-corrected chi connectivity index (χ1v) is 4.30. The fourth-order valence-corrected chi connectivity index (χ4v) is 1.49. The molecule has 2 heterocycles. The summed E-state index contributed by atoms with van der Waals surface area (Å²) < 4.78 is 0. The third-order valence-corrected chi connectivity index (χ3v) is 2.06. The molecular weight excluding hydrogens is 180 g/mol. The van der Waals surface area contributed by atoms with Gasteiger partial charge >= 0.3 is 0 Å². The lowest BCUT2D eigenvalue weighted by molar-refractivity contribution is 0.101. The van der Waals surface area contributed by atoms with Gasteiger partial charge in [0.15, 0.2) is 11.4 Å². The van der Waals surface area contributed by atoms with Crippen LogP contribution in [0.5, 0.6) is 0 Å². The van der Waals surface area contributed by atoms with Crippen LogP contribution in [-0.4, -0.2) is 25.9 Å². The Kier molecular flexibility index (Phi) is 1.80. The highest BCUT2D eigenvalue weighted by molar-refractivity contribution is 6.04. The Morgan fingerprint density at radius 2 is 2.00 bits per heavy atom. The van der Waals surface area contributed by atoms with Crippen molar-refractivity contribution in [1.29, 1.82) is 0 Å². The van der Waals surface area contributed by atoms with E-state index in [2.05, 4.69) is 20.2 Å². The zero-order valence-electron chi connectivity index (χ0n) is 8.25. The van der Waals surface area contributed by atoms with Crippen LogP contribution in [0, 0.1) is 13.8 Å². The van der Waals surface area contributed by atoms with Gasteiger partial charge in [0.2, 0.25) is 0 Å². The molecule has 0 spiro atoms. The molecule has 0 radical (unpaired) electrons. The van der Waals surface area contributed by atoms with Gasteiger partial charge in [-0.15, -0.1) is 0 Å². The molecule has 0 unspecified atom stereocenters. The lowest BCUT2D eigenvalue weighted by Gasteiger charge is -1.97. The Bertz CT molecular complexity index is 515. The van der Waals surface area contributed by atoms with Crippen molar-refractivity contribution < 1.29 is 4.79 Å². The van der Waals surface area contributed by atoms with Crippen LogP contribution < -0.4 is 0 Å². The highest BCUT2D eigenvalue weighted by Gasteiger charge is 2.13. The number of aromatic amines is 1. The zero-order valence-corrected chi connectivity index (χ0v) is 8.25. The van der Waals surface area contributed by atoms with Crippen molar-refractivity contribution in [1.82, 2.24) is 20.2 Å². The molecule has 2 rings (SSSR count). The first-order chi connectivity index (χ1) is 6.59. The molecule has 0 fully saturated rings. The summed E-state index contributed by atoms with van der Waals surface area (Å²) in [4.78, 5) is 19.6. The van der Waals surface area contributed by atoms with Gasteiger partial charge in [-0.05, 0) is 13.8 Å². The number of aromatic nitrogens is 4. The predicted octanol–water partition coefficient (Wildman–Crippen LogP) is 1.17. The van der Waals surface area contributed by atoms with E-state index in [9.17, 15) is 4.79 Å². The highest BCUT2D eigenvalue weighted by Crippen LogP contribution is 2.17. The molecular formula is C9H10N4O. The Labute approximate surface area is 80.6 Å². The van der Waals surface area contributed by atoms with E-state index < -0.39 is 0 Å². The van der Waals surface area contributed by atoms with E-state index in [0.29, 0.717) is 17.2 Å². The summed E-state index contributed by atoms with van der Waals surface area (Å²) in [6, 6.07) is 0. The molecule has 0 aliphatic heterocycles. The highest BCUT2D eigenvalue weighted by atomic mass is 16.1. The lowest BCUT2D eigenvalue weighted by Crippen LogP contribution is -1.96. The molecule has 0 aliphatic carbocycles. The average molecular weight is 190 g/mol. The van der Waals surface area contributed by atoms with Gasteiger partial charge < -0.3 is 0 Å². The minimum Gasteiger partial charge on any atom is -0.293 e. The number of nitrogens with zero attached hydrogens (tertiary/aromatic N) is 3. The molecule has 14 heavy (non-hydrogen) atoms. The summed E-state index contributed by atoms with van der Waals surface area (Å²) >= 11 is 0. The maximum atomic E-state index is 11.2. The Balaban J connectivity index is 2.85. The van der Waals surface area contributed by atoms with Gasteiger partial charge in [0, 0.05) is 6.92 Å². The van der Waals surface area contributed by atoms with E-state index in [1.165, 1.54) is 6.92 Å². The van der Waals surface area contributed by atoms with Gasteiger partial charge in [-0.25, -0.2) is 9.97 Å². The Morgan fingerprint density at radius 3 is 2.64 bits per heavy atom. The second-order valence-electron chi connectivity index (χ2n) is 3.21. The maximum absolute atomic E-state index is 11.2. The number of Topliss-reactive ketones (excluding diaryl/α,β-unsaturated/α-hetero) is 1. The van der Waals surface area contributed by atoms with Crippen molar-refractivity contribution in [2.45, 2.75) is 20.8 Å². The predicted molar refractivity (Wildman–Crippen MR) is 51.2 cm³/mol. The minimum atomic E-state index is -0.0527. The van der Waals surface area contributed by atoms with Gasteiger partial charge in [0.1, 0.15) is 11.5 Å². The number of rotatable bonds is 1. The monoisotopic (exact) mass is 190 g/mol. The SMILES string of the molecule is CC(=O)c1[nH]nc2nc(C)nc(C)c12. The van der Waals surface area contributed by atoms with Crippen LogP contribution in [0.15, 0.2) is 0 Å². The van der Waals surface area contributed by atoms with E-state index in [0.717, 1.165) is 11.1 Å². The molecule has 5 heteroatoms. The van der Waals surface area contributed by atoms with Crippen LogP contribution in [0.2, 0.25) is 0 Å². The van der Waals surface area contributed by atoms with Crippen molar-refractivity contribution in [2.75, 3.05) is 0 Å². The van der Waals surface area contributed by atoms with Crippen LogP contribution in [-0.2, 0) is 0 Å². The molecule has 0 saturated heterocycles. The molecule has 0 amide bonds. The Hall–Kier alpha value is -1.78. The number of nitrogens with one attached hydrogen (secondary N) is 1. The number of aryl methyl sites for hydroxylation is 2. The van der Waals surface area contributed by atoms with Crippen molar-refractivity contribution in [3.8, 4) is 0 Å². The first kappa shape index (κ1) is 8.80. The molecule has 1 N–H and O–H groups in total. The second-order valence-corrected chi connectivity index (χ2v) is 3.21. The molecule has 0 atom stereocenters. The molecule has 0 aliphatic rings. The van der Waals surface area contributed by atoms with Crippen molar-refractivity contribution in [3.05, 3.63) is 17.2 Å². The third-order valence-electron chi connectivity index (χ3n) is 2.06. The van der Waals surface area contributed by atoms with Crippen LogP contribution in [0.1, 0.15) is 28.9 Å². The van der Waals surface area contributed by atoms with Crippen LogP contribution in [0.3, 0.4) is 0 Å².